The molecule has 4 rings (SSSR count). The van der Waals surface area contributed by atoms with Crippen LogP contribution in [0.4, 0.5) is 0 Å². The van der Waals surface area contributed by atoms with Crippen molar-refractivity contribution in [2.45, 2.75) is 32.4 Å². The second-order valence-electron chi connectivity index (χ2n) is 6.20. The Morgan fingerprint density at radius 2 is 2.00 bits per heavy atom. The molecular formula is C19H20N4S. The molecule has 0 spiro atoms. The minimum atomic E-state index is 0.504. The summed E-state index contributed by atoms with van der Waals surface area (Å²) in [4.78, 5) is 15.9. The zero-order chi connectivity index (χ0) is 16.4. The predicted octanol–water partition coefficient (Wildman–Crippen LogP) is 4.25. The molecule has 0 saturated carbocycles. The Kier molecular flexibility index (Phi) is 4.36. The quantitative estimate of drug-likeness (QED) is 0.714. The largest absolute Gasteiger partial charge is 0.290 e. The Morgan fingerprint density at radius 1 is 1.17 bits per heavy atom. The Balaban J connectivity index is 1.53. The maximum absolute atomic E-state index is 4.75. The lowest BCUT2D eigenvalue weighted by Gasteiger charge is -2.25. The van der Waals surface area contributed by atoms with Gasteiger partial charge in [0.1, 0.15) is 0 Å². The molecule has 1 atom stereocenters. The molecule has 3 heterocycles. The van der Waals surface area contributed by atoms with E-state index in [0.717, 1.165) is 23.8 Å². The van der Waals surface area contributed by atoms with Gasteiger partial charge in [-0.05, 0) is 43.5 Å². The van der Waals surface area contributed by atoms with Crippen LogP contribution in [0, 0.1) is 6.92 Å². The second-order valence-corrected chi connectivity index (χ2v) is 7.06. The van der Waals surface area contributed by atoms with Crippen molar-refractivity contribution in [1.29, 1.82) is 0 Å². The van der Waals surface area contributed by atoms with E-state index in [2.05, 4.69) is 51.4 Å². The Hall–Kier alpha value is -2.11. The smallest absolute Gasteiger partial charge is 0.188 e. The lowest BCUT2D eigenvalue weighted by atomic mass is 9.99. The van der Waals surface area contributed by atoms with Gasteiger partial charge in [-0.25, -0.2) is 15.0 Å². The van der Waals surface area contributed by atoms with E-state index < -0.39 is 0 Å². The lowest BCUT2D eigenvalue weighted by Crippen LogP contribution is -2.23. The fourth-order valence-corrected chi connectivity index (χ4v) is 4.18. The number of hydrogen-bond acceptors (Lipinski definition) is 5. The van der Waals surface area contributed by atoms with Gasteiger partial charge in [-0.15, -0.1) is 11.3 Å². The summed E-state index contributed by atoms with van der Waals surface area (Å²) < 4.78 is 0. The molecule has 0 bridgehead atoms. The van der Waals surface area contributed by atoms with E-state index in [9.17, 15) is 0 Å². The topological polar surface area (TPSA) is 41.9 Å². The van der Waals surface area contributed by atoms with Crippen LogP contribution in [-0.4, -0.2) is 26.4 Å². The molecule has 0 radical (unpaired) electrons. The van der Waals surface area contributed by atoms with Crippen LogP contribution >= 0.6 is 11.3 Å². The van der Waals surface area contributed by atoms with Gasteiger partial charge in [-0.3, -0.25) is 4.90 Å². The summed E-state index contributed by atoms with van der Waals surface area (Å²) in [7, 11) is 0. The van der Waals surface area contributed by atoms with Crippen molar-refractivity contribution in [3.63, 3.8) is 0 Å². The monoisotopic (exact) mass is 336 g/mol. The average molecular weight is 336 g/mol. The molecule has 1 aromatic carbocycles. The van der Waals surface area contributed by atoms with Crippen LogP contribution < -0.4 is 0 Å². The highest BCUT2D eigenvalue weighted by molar-refractivity contribution is 7.13. The molecule has 4 nitrogen and oxygen atoms in total. The summed E-state index contributed by atoms with van der Waals surface area (Å²) in [6.45, 7) is 4.23. The SMILES string of the molecule is Cc1ccccc1[C@H]1CCCN1Cc1csc(-c2ncccn2)n1. The third kappa shape index (κ3) is 3.09. The van der Waals surface area contributed by atoms with E-state index >= 15 is 0 Å². The van der Waals surface area contributed by atoms with Crippen molar-refractivity contribution in [2.24, 2.45) is 0 Å². The Morgan fingerprint density at radius 3 is 2.83 bits per heavy atom. The maximum Gasteiger partial charge on any atom is 0.188 e. The number of aryl methyl sites for hydroxylation is 1. The van der Waals surface area contributed by atoms with Crippen molar-refractivity contribution < 1.29 is 0 Å². The fraction of sp³-hybridized carbons (Fsp3) is 0.316. The van der Waals surface area contributed by atoms with E-state index in [1.165, 1.54) is 24.0 Å². The highest BCUT2D eigenvalue weighted by Gasteiger charge is 2.27. The number of nitrogens with zero attached hydrogens (tertiary/aromatic N) is 4. The number of benzene rings is 1. The highest BCUT2D eigenvalue weighted by Crippen LogP contribution is 2.35. The van der Waals surface area contributed by atoms with Gasteiger partial charge in [0, 0.05) is 30.4 Å². The van der Waals surface area contributed by atoms with Gasteiger partial charge >= 0.3 is 0 Å². The first kappa shape index (κ1) is 15.4. The highest BCUT2D eigenvalue weighted by atomic mass is 32.1. The standard InChI is InChI=1S/C19H20N4S/c1-14-6-2-3-7-16(14)17-8-4-11-23(17)12-15-13-24-19(22-15)18-20-9-5-10-21-18/h2-3,5-7,9-10,13,17H,4,8,11-12H2,1H3/t17-/m1/s1. The second kappa shape index (κ2) is 6.79. The van der Waals surface area contributed by atoms with Gasteiger partial charge in [0.2, 0.25) is 0 Å². The molecule has 1 aliphatic rings. The summed E-state index contributed by atoms with van der Waals surface area (Å²) in [5, 5.41) is 3.04. The third-order valence-electron chi connectivity index (χ3n) is 4.59. The van der Waals surface area contributed by atoms with Crippen LogP contribution in [0.25, 0.3) is 10.8 Å². The number of thiazole rings is 1. The van der Waals surface area contributed by atoms with Gasteiger partial charge in [-0.1, -0.05) is 24.3 Å². The molecule has 5 heteroatoms. The molecule has 1 aliphatic heterocycles. The maximum atomic E-state index is 4.75. The number of aromatic nitrogens is 3. The minimum Gasteiger partial charge on any atom is -0.290 e. The Labute approximate surface area is 146 Å². The molecule has 122 valence electrons. The molecule has 0 unspecified atom stereocenters. The summed E-state index contributed by atoms with van der Waals surface area (Å²) in [5.41, 5.74) is 3.95. The molecular weight excluding hydrogens is 316 g/mol. The Bertz CT molecular complexity index is 815. The van der Waals surface area contributed by atoms with Crippen LogP contribution in [0.5, 0.6) is 0 Å². The molecule has 2 aromatic heterocycles. The molecule has 0 amide bonds. The van der Waals surface area contributed by atoms with Crippen LogP contribution in [0.3, 0.4) is 0 Å². The molecule has 3 aromatic rings. The first-order valence-electron chi connectivity index (χ1n) is 8.32. The lowest BCUT2D eigenvalue weighted by molar-refractivity contribution is 0.245. The molecule has 0 N–H and O–H groups in total. The summed E-state index contributed by atoms with van der Waals surface area (Å²) in [6.07, 6.45) is 6.00. The zero-order valence-corrected chi connectivity index (χ0v) is 14.5. The van der Waals surface area contributed by atoms with Crippen LogP contribution in [0.15, 0.2) is 48.1 Å². The van der Waals surface area contributed by atoms with Gasteiger partial charge in [0.15, 0.2) is 10.8 Å². The average Bonchev–Trinajstić information content (AvgIpc) is 3.26. The first-order valence-corrected chi connectivity index (χ1v) is 9.20. The normalized spacial score (nSPS) is 18.1. The van der Waals surface area contributed by atoms with E-state index in [0.29, 0.717) is 11.9 Å². The van der Waals surface area contributed by atoms with Gasteiger partial charge in [-0.2, -0.15) is 0 Å². The van der Waals surface area contributed by atoms with Gasteiger partial charge in [0.25, 0.3) is 0 Å². The molecule has 24 heavy (non-hydrogen) atoms. The van der Waals surface area contributed by atoms with Crippen molar-refractivity contribution in [3.05, 3.63) is 64.9 Å². The van der Waals surface area contributed by atoms with Gasteiger partial charge < -0.3 is 0 Å². The van der Waals surface area contributed by atoms with Crippen molar-refractivity contribution in [2.75, 3.05) is 6.54 Å². The molecule has 1 saturated heterocycles. The number of hydrogen-bond donors (Lipinski definition) is 0. The van der Waals surface area contributed by atoms with Crippen molar-refractivity contribution >= 4 is 11.3 Å². The summed E-state index contributed by atoms with van der Waals surface area (Å²) in [5.74, 6) is 0.714. The minimum absolute atomic E-state index is 0.504. The van der Waals surface area contributed by atoms with E-state index in [4.69, 9.17) is 4.98 Å². The number of likely N-dealkylation sites (tertiary alicyclic amines) is 1. The predicted molar refractivity (Wildman–Crippen MR) is 96.7 cm³/mol. The van der Waals surface area contributed by atoms with Gasteiger partial charge in [0.05, 0.1) is 5.69 Å². The molecule has 1 fully saturated rings. The zero-order valence-electron chi connectivity index (χ0n) is 13.7. The fourth-order valence-electron chi connectivity index (χ4n) is 3.43. The van der Waals surface area contributed by atoms with Crippen molar-refractivity contribution in [1.82, 2.24) is 19.9 Å². The van der Waals surface area contributed by atoms with Crippen LogP contribution in [0.1, 0.15) is 35.7 Å². The van der Waals surface area contributed by atoms with Crippen molar-refractivity contribution in [3.8, 4) is 10.8 Å². The third-order valence-corrected chi connectivity index (χ3v) is 5.47. The summed E-state index contributed by atoms with van der Waals surface area (Å²) in [6, 6.07) is 11.1. The molecule has 0 aliphatic carbocycles. The van der Waals surface area contributed by atoms with E-state index in [1.54, 1.807) is 23.7 Å². The van der Waals surface area contributed by atoms with E-state index in [-0.39, 0.29) is 0 Å². The van der Waals surface area contributed by atoms with Crippen LogP contribution in [0.2, 0.25) is 0 Å². The summed E-state index contributed by atoms with van der Waals surface area (Å²) >= 11 is 1.62. The van der Waals surface area contributed by atoms with E-state index in [1.807, 2.05) is 6.07 Å². The van der Waals surface area contributed by atoms with Crippen LogP contribution in [-0.2, 0) is 6.54 Å². The first-order chi connectivity index (χ1) is 11.8. The number of rotatable bonds is 4.